The molecule has 0 atom stereocenters. The van der Waals surface area contributed by atoms with Gasteiger partial charge in [0.05, 0.1) is 0 Å². The smallest absolute Gasteiger partial charge is 0.0265 e. The summed E-state index contributed by atoms with van der Waals surface area (Å²) in [6.07, 6.45) is 4.09. The summed E-state index contributed by atoms with van der Waals surface area (Å²) in [5, 5.41) is 0. The highest BCUT2D eigenvalue weighted by Crippen LogP contribution is 2.25. The van der Waals surface area contributed by atoms with Gasteiger partial charge in [0, 0.05) is 16.3 Å². The molecule has 0 unspecified atom stereocenters. The Morgan fingerprint density at radius 2 is 1.85 bits per heavy atom. The number of unbranched alkanes of at least 4 members (excludes halogenated alkanes) is 2. The highest BCUT2D eigenvalue weighted by atomic mass is 32.2. The maximum Gasteiger partial charge on any atom is 0.0265 e. The third-order valence-electron chi connectivity index (χ3n) is 1.57. The molecule has 0 N–H and O–H groups in total. The van der Waals surface area contributed by atoms with Crippen LogP contribution < -0.4 is 0 Å². The second-order valence-electron chi connectivity index (χ2n) is 4.17. The Labute approximate surface area is 92.6 Å². The molecule has 2 heteroatoms. The van der Waals surface area contributed by atoms with Gasteiger partial charge in [-0.25, -0.2) is 0 Å². The first-order chi connectivity index (χ1) is 6.06. The monoisotopic (exact) mass is 219 g/mol. The fourth-order valence-electron chi connectivity index (χ4n) is 0.851. The molecule has 0 fully saturated rings. The highest BCUT2D eigenvalue weighted by Gasteiger charge is 2.09. The topological polar surface area (TPSA) is 0 Å². The van der Waals surface area contributed by atoms with Crippen LogP contribution in [-0.4, -0.2) is 16.3 Å². The minimum Gasteiger partial charge on any atom is -0.157 e. The van der Waals surface area contributed by atoms with E-state index in [1.807, 2.05) is 23.5 Å². The lowest BCUT2D eigenvalue weighted by Crippen LogP contribution is -2.07. The van der Waals surface area contributed by atoms with E-state index in [-0.39, 0.29) is 0 Å². The van der Waals surface area contributed by atoms with E-state index in [1.54, 1.807) is 0 Å². The molecule has 0 saturated carbocycles. The lowest BCUT2D eigenvalue weighted by Gasteiger charge is -2.16. The van der Waals surface area contributed by atoms with Crippen molar-refractivity contribution in [3.8, 4) is 0 Å². The van der Waals surface area contributed by atoms with Crippen molar-refractivity contribution < 1.29 is 0 Å². The maximum atomic E-state index is 2.35. The van der Waals surface area contributed by atoms with Gasteiger partial charge in [-0.05, 0) is 12.2 Å². The van der Waals surface area contributed by atoms with Gasteiger partial charge in [0.25, 0.3) is 0 Å². The number of thioether (sulfide) groups is 2. The summed E-state index contributed by atoms with van der Waals surface area (Å²) < 4.78 is 0.417. The maximum absolute atomic E-state index is 2.35. The number of hydrogen-bond donors (Lipinski definition) is 0. The molecule has 0 aliphatic rings. The molecule has 0 bridgehead atoms. The van der Waals surface area contributed by atoms with Gasteiger partial charge in [-0.1, -0.05) is 40.5 Å². The van der Waals surface area contributed by atoms with Gasteiger partial charge in [-0.2, -0.15) is 23.5 Å². The average molecular weight is 219 g/mol. The van der Waals surface area contributed by atoms with Crippen LogP contribution in [0.15, 0.2) is 0 Å². The van der Waals surface area contributed by atoms with Crippen LogP contribution in [0.25, 0.3) is 0 Å². The predicted molar refractivity (Wildman–Crippen MR) is 68.5 cm³/mol. The minimum atomic E-state index is 0.417. The summed E-state index contributed by atoms with van der Waals surface area (Å²) >= 11 is 4.01. The van der Waals surface area contributed by atoms with Crippen molar-refractivity contribution in [2.45, 2.75) is 51.7 Å². The van der Waals surface area contributed by atoms with Gasteiger partial charge < -0.3 is 0 Å². The Morgan fingerprint density at radius 1 is 1.15 bits per heavy atom. The fraction of sp³-hybridized carbons (Fsp3) is 0.909. The van der Waals surface area contributed by atoms with E-state index in [0.717, 1.165) is 0 Å². The van der Waals surface area contributed by atoms with Crippen molar-refractivity contribution in [2.24, 2.45) is 0 Å². The second kappa shape index (κ2) is 8.05. The molecule has 0 amide bonds. The largest absolute Gasteiger partial charge is 0.157 e. The third-order valence-corrected chi connectivity index (χ3v) is 3.91. The van der Waals surface area contributed by atoms with Crippen molar-refractivity contribution >= 4 is 23.5 Å². The van der Waals surface area contributed by atoms with E-state index in [0.29, 0.717) is 4.75 Å². The molecule has 0 rings (SSSR count). The van der Waals surface area contributed by atoms with Crippen molar-refractivity contribution in [1.82, 2.24) is 0 Å². The summed E-state index contributed by atoms with van der Waals surface area (Å²) in [6.45, 7) is 9.07. The standard InChI is InChI=1S/C11H23S2/c1-5-6-7-8-12-9-10-13-11(2,3)4/h9H,5-8,10H2,1-4H3. The van der Waals surface area contributed by atoms with Crippen molar-refractivity contribution in [2.75, 3.05) is 11.5 Å². The van der Waals surface area contributed by atoms with Crippen molar-refractivity contribution in [1.29, 1.82) is 0 Å². The molecule has 0 aromatic rings. The van der Waals surface area contributed by atoms with Crippen molar-refractivity contribution in [3.05, 3.63) is 5.75 Å². The molecule has 0 saturated heterocycles. The van der Waals surface area contributed by atoms with Gasteiger partial charge in [0.1, 0.15) is 0 Å². The van der Waals surface area contributed by atoms with E-state index >= 15 is 0 Å². The Balaban J connectivity index is 3.00. The Morgan fingerprint density at radius 3 is 2.38 bits per heavy atom. The lowest BCUT2D eigenvalue weighted by atomic mass is 10.3. The first-order valence-electron chi connectivity index (χ1n) is 5.13. The molecular weight excluding hydrogens is 196 g/mol. The van der Waals surface area contributed by atoms with Crippen molar-refractivity contribution in [3.63, 3.8) is 0 Å². The Hall–Kier alpha value is 0.700. The molecular formula is C11H23S2. The van der Waals surface area contributed by atoms with Crippen LogP contribution in [0.5, 0.6) is 0 Å². The van der Waals surface area contributed by atoms with E-state index in [1.165, 1.54) is 30.8 Å². The normalized spacial score (nSPS) is 12.0. The molecule has 13 heavy (non-hydrogen) atoms. The van der Waals surface area contributed by atoms with Gasteiger partial charge in [0.15, 0.2) is 0 Å². The Bertz CT molecular complexity index is 105. The zero-order chi connectivity index (χ0) is 10.2. The first kappa shape index (κ1) is 13.7. The Kier molecular flexibility index (Phi) is 8.48. The molecule has 0 aromatic carbocycles. The zero-order valence-corrected chi connectivity index (χ0v) is 11.1. The van der Waals surface area contributed by atoms with Crippen LogP contribution in [0.1, 0.15) is 47.0 Å². The molecule has 0 aliphatic carbocycles. The predicted octanol–water partition coefficient (Wildman–Crippen LogP) is 4.60. The molecule has 0 aromatic heterocycles. The summed E-state index contributed by atoms with van der Waals surface area (Å²) in [7, 11) is 0. The van der Waals surface area contributed by atoms with Gasteiger partial charge in [0.2, 0.25) is 0 Å². The van der Waals surface area contributed by atoms with E-state index in [9.17, 15) is 0 Å². The second-order valence-corrected chi connectivity index (χ2v) is 7.09. The van der Waals surface area contributed by atoms with Gasteiger partial charge >= 0.3 is 0 Å². The quantitative estimate of drug-likeness (QED) is 0.574. The highest BCUT2D eigenvalue weighted by molar-refractivity contribution is 8.04. The summed E-state index contributed by atoms with van der Waals surface area (Å²) in [5.41, 5.74) is 0. The van der Waals surface area contributed by atoms with Crippen LogP contribution >= 0.6 is 23.5 Å². The van der Waals surface area contributed by atoms with Gasteiger partial charge in [-0.3, -0.25) is 0 Å². The summed E-state index contributed by atoms with van der Waals surface area (Å²) in [5.74, 6) is 4.84. The molecule has 0 heterocycles. The molecule has 0 nitrogen and oxygen atoms in total. The first-order valence-corrected chi connectivity index (χ1v) is 7.17. The van der Waals surface area contributed by atoms with Crippen LogP contribution in [0.2, 0.25) is 0 Å². The van der Waals surface area contributed by atoms with Gasteiger partial charge in [-0.15, -0.1) is 0 Å². The lowest BCUT2D eigenvalue weighted by molar-refractivity contribution is 0.779. The van der Waals surface area contributed by atoms with E-state index in [4.69, 9.17) is 0 Å². The number of hydrogen-bond acceptors (Lipinski definition) is 2. The molecule has 0 aliphatic heterocycles. The van der Waals surface area contributed by atoms with Crippen LogP contribution in [0.4, 0.5) is 0 Å². The summed E-state index contributed by atoms with van der Waals surface area (Å²) in [4.78, 5) is 0. The average Bonchev–Trinajstić information content (AvgIpc) is 2.01. The minimum absolute atomic E-state index is 0.417. The SMILES string of the molecule is CCCCCS[CH]CSC(C)(C)C. The number of rotatable bonds is 7. The van der Waals surface area contributed by atoms with E-state index < -0.39 is 0 Å². The van der Waals surface area contributed by atoms with Crippen LogP contribution in [0, 0.1) is 5.75 Å². The van der Waals surface area contributed by atoms with E-state index in [2.05, 4.69) is 33.4 Å². The fourth-order valence-corrected chi connectivity index (χ4v) is 2.55. The molecule has 0 spiro atoms. The summed E-state index contributed by atoms with van der Waals surface area (Å²) in [6, 6.07) is 0. The van der Waals surface area contributed by atoms with Crippen LogP contribution in [0.3, 0.4) is 0 Å². The third kappa shape index (κ3) is 12.7. The zero-order valence-electron chi connectivity index (χ0n) is 9.43. The van der Waals surface area contributed by atoms with Crippen LogP contribution in [-0.2, 0) is 0 Å². The molecule has 1 radical (unpaired) electrons. The molecule has 79 valence electrons.